The molecule has 3 rings (SSSR count). The van der Waals surface area contributed by atoms with Crippen molar-refractivity contribution in [1.82, 2.24) is 20.5 Å². The van der Waals surface area contributed by atoms with Crippen LogP contribution >= 0.6 is 0 Å². The van der Waals surface area contributed by atoms with E-state index < -0.39 is 0 Å². The molecular formula is C15H17N5O2. The predicted molar refractivity (Wildman–Crippen MR) is 81.7 cm³/mol. The molecule has 0 radical (unpaired) electrons. The summed E-state index contributed by atoms with van der Waals surface area (Å²) in [5, 5.41) is 8.67. The molecular weight excluding hydrogens is 282 g/mol. The van der Waals surface area contributed by atoms with Crippen molar-refractivity contribution in [1.29, 1.82) is 0 Å². The van der Waals surface area contributed by atoms with Gasteiger partial charge in [-0.15, -0.1) is 0 Å². The second-order valence-electron chi connectivity index (χ2n) is 5.21. The Hall–Kier alpha value is -2.70. The summed E-state index contributed by atoms with van der Waals surface area (Å²) in [4.78, 5) is 29.5. The summed E-state index contributed by atoms with van der Waals surface area (Å²) in [5.41, 5.74) is 0.764. The van der Waals surface area contributed by atoms with Crippen LogP contribution in [0, 0.1) is 0 Å². The molecule has 1 fully saturated rings. The monoisotopic (exact) mass is 299 g/mol. The normalized spacial score (nSPS) is 14.1. The van der Waals surface area contributed by atoms with E-state index in [0.29, 0.717) is 6.54 Å². The summed E-state index contributed by atoms with van der Waals surface area (Å²) in [7, 11) is 0. The summed E-state index contributed by atoms with van der Waals surface area (Å²) in [5.74, 6) is 0.648. The number of aromatic amines is 1. The number of aromatic nitrogens is 3. The largest absolute Gasteiger partial charge is 0.357 e. The molecule has 1 amide bonds. The zero-order chi connectivity index (χ0) is 15.4. The first kappa shape index (κ1) is 14.2. The molecule has 0 aromatic carbocycles. The molecule has 114 valence electrons. The van der Waals surface area contributed by atoms with Crippen LogP contribution in [-0.2, 0) is 6.54 Å². The molecule has 3 heterocycles. The summed E-state index contributed by atoms with van der Waals surface area (Å²) in [6, 6.07) is 6.60. The zero-order valence-electron chi connectivity index (χ0n) is 12.1. The van der Waals surface area contributed by atoms with Crippen LogP contribution < -0.4 is 15.8 Å². The molecule has 0 spiro atoms. The van der Waals surface area contributed by atoms with Crippen LogP contribution in [0.1, 0.15) is 28.9 Å². The van der Waals surface area contributed by atoms with E-state index in [2.05, 4.69) is 25.4 Å². The number of pyridine rings is 1. The minimum absolute atomic E-state index is 0.182. The standard InChI is InChI=1S/C15H17N5O2/c21-14-6-4-12(18-19-14)15(22)17-10-11-3-5-13(16-9-11)20-7-1-2-8-20/h3-6,9H,1-2,7-8,10H2,(H,17,22)(H,19,21). The number of anilines is 1. The van der Waals surface area contributed by atoms with Gasteiger partial charge in [-0.05, 0) is 30.5 Å². The lowest BCUT2D eigenvalue weighted by molar-refractivity contribution is 0.0945. The van der Waals surface area contributed by atoms with Crippen molar-refractivity contribution in [2.24, 2.45) is 0 Å². The number of rotatable bonds is 4. The maximum Gasteiger partial charge on any atom is 0.271 e. The average Bonchev–Trinajstić information content (AvgIpc) is 3.08. The molecule has 7 heteroatoms. The number of carbonyl (C=O) groups excluding carboxylic acids is 1. The van der Waals surface area contributed by atoms with Gasteiger partial charge in [0, 0.05) is 31.9 Å². The Morgan fingerprint density at radius 2 is 2.05 bits per heavy atom. The Morgan fingerprint density at radius 1 is 1.23 bits per heavy atom. The Balaban J connectivity index is 1.57. The van der Waals surface area contributed by atoms with Crippen molar-refractivity contribution in [3.63, 3.8) is 0 Å². The fourth-order valence-electron chi connectivity index (χ4n) is 2.40. The van der Waals surface area contributed by atoms with Gasteiger partial charge in [0.25, 0.3) is 11.5 Å². The zero-order valence-corrected chi connectivity index (χ0v) is 12.1. The van der Waals surface area contributed by atoms with E-state index in [1.165, 1.54) is 25.0 Å². The molecule has 0 aliphatic carbocycles. The van der Waals surface area contributed by atoms with Crippen molar-refractivity contribution in [2.45, 2.75) is 19.4 Å². The van der Waals surface area contributed by atoms with Crippen LogP contribution in [0.15, 0.2) is 35.3 Å². The molecule has 0 bridgehead atoms. The van der Waals surface area contributed by atoms with Crippen molar-refractivity contribution in [2.75, 3.05) is 18.0 Å². The van der Waals surface area contributed by atoms with E-state index in [1.54, 1.807) is 6.20 Å². The van der Waals surface area contributed by atoms with Crippen LogP contribution in [0.5, 0.6) is 0 Å². The minimum atomic E-state index is -0.335. The van der Waals surface area contributed by atoms with Gasteiger partial charge in [-0.25, -0.2) is 10.1 Å². The fraction of sp³-hybridized carbons (Fsp3) is 0.333. The molecule has 0 atom stereocenters. The fourth-order valence-corrected chi connectivity index (χ4v) is 2.40. The second kappa shape index (κ2) is 6.38. The number of hydrogen-bond acceptors (Lipinski definition) is 5. The number of amides is 1. The summed E-state index contributed by atoms with van der Waals surface area (Å²) in [6.45, 7) is 2.48. The molecule has 2 aromatic rings. The van der Waals surface area contributed by atoms with Crippen LogP contribution in [0.4, 0.5) is 5.82 Å². The Morgan fingerprint density at radius 3 is 2.68 bits per heavy atom. The number of nitrogens with one attached hydrogen (secondary N) is 2. The number of nitrogens with zero attached hydrogens (tertiary/aromatic N) is 3. The third-order valence-corrected chi connectivity index (χ3v) is 3.60. The molecule has 2 aromatic heterocycles. The van der Waals surface area contributed by atoms with Crippen molar-refractivity contribution < 1.29 is 4.79 Å². The molecule has 0 unspecified atom stereocenters. The third-order valence-electron chi connectivity index (χ3n) is 3.60. The number of H-pyrrole nitrogens is 1. The van der Waals surface area contributed by atoms with E-state index in [0.717, 1.165) is 24.5 Å². The summed E-state index contributed by atoms with van der Waals surface area (Å²) >= 11 is 0. The number of carbonyl (C=O) groups is 1. The highest BCUT2D eigenvalue weighted by Crippen LogP contribution is 2.17. The molecule has 1 saturated heterocycles. The number of hydrogen-bond donors (Lipinski definition) is 2. The van der Waals surface area contributed by atoms with Gasteiger partial charge in [0.15, 0.2) is 0 Å². The van der Waals surface area contributed by atoms with E-state index in [-0.39, 0.29) is 17.2 Å². The third kappa shape index (κ3) is 3.30. The van der Waals surface area contributed by atoms with Crippen LogP contribution in [0.3, 0.4) is 0 Å². The van der Waals surface area contributed by atoms with Gasteiger partial charge in [-0.2, -0.15) is 5.10 Å². The average molecular weight is 299 g/mol. The van der Waals surface area contributed by atoms with E-state index in [9.17, 15) is 9.59 Å². The topological polar surface area (TPSA) is 91.0 Å². The summed E-state index contributed by atoms with van der Waals surface area (Å²) < 4.78 is 0. The molecule has 2 N–H and O–H groups in total. The SMILES string of the molecule is O=C(NCc1ccc(N2CCCC2)nc1)c1ccc(=O)[nH]n1. The van der Waals surface area contributed by atoms with Gasteiger partial charge in [-0.1, -0.05) is 6.07 Å². The van der Waals surface area contributed by atoms with Gasteiger partial charge < -0.3 is 10.2 Å². The Labute approximate surface area is 127 Å². The van der Waals surface area contributed by atoms with Gasteiger partial charge in [0.1, 0.15) is 11.5 Å². The van der Waals surface area contributed by atoms with E-state index in [1.807, 2.05) is 12.1 Å². The summed E-state index contributed by atoms with van der Waals surface area (Å²) in [6.07, 6.45) is 4.20. The van der Waals surface area contributed by atoms with Crippen molar-refractivity contribution in [3.05, 3.63) is 52.1 Å². The second-order valence-corrected chi connectivity index (χ2v) is 5.21. The lowest BCUT2D eigenvalue weighted by atomic mass is 10.2. The molecule has 22 heavy (non-hydrogen) atoms. The van der Waals surface area contributed by atoms with Crippen molar-refractivity contribution >= 4 is 11.7 Å². The molecule has 1 aliphatic rings. The lowest BCUT2D eigenvalue weighted by Gasteiger charge is -2.16. The molecule has 1 aliphatic heterocycles. The van der Waals surface area contributed by atoms with Crippen molar-refractivity contribution in [3.8, 4) is 0 Å². The van der Waals surface area contributed by atoms with Gasteiger partial charge in [-0.3, -0.25) is 9.59 Å². The Bertz CT molecular complexity index is 684. The van der Waals surface area contributed by atoms with Crippen LogP contribution in [0.2, 0.25) is 0 Å². The molecule has 7 nitrogen and oxygen atoms in total. The van der Waals surface area contributed by atoms with Crippen LogP contribution in [0.25, 0.3) is 0 Å². The van der Waals surface area contributed by atoms with E-state index in [4.69, 9.17) is 0 Å². The minimum Gasteiger partial charge on any atom is -0.357 e. The quantitative estimate of drug-likeness (QED) is 0.867. The first-order valence-corrected chi connectivity index (χ1v) is 7.26. The smallest absolute Gasteiger partial charge is 0.271 e. The van der Waals surface area contributed by atoms with Gasteiger partial charge in [0.2, 0.25) is 0 Å². The maximum atomic E-state index is 11.9. The van der Waals surface area contributed by atoms with Gasteiger partial charge in [0.05, 0.1) is 0 Å². The van der Waals surface area contributed by atoms with Gasteiger partial charge >= 0.3 is 0 Å². The molecule has 0 saturated carbocycles. The first-order chi connectivity index (χ1) is 10.7. The van der Waals surface area contributed by atoms with E-state index >= 15 is 0 Å². The Kier molecular flexibility index (Phi) is 4.13. The highest BCUT2D eigenvalue weighted by atomic mass is 16.2. The lowest BCUT2D eigenvalue weighted by Crippen LogP contribution is -2.25. The highest BCUT2D eigenvalue weighted by Gasteiger charge is 2.13. The maximum absolute atomic E-state index is 11.9. The van der Waals surface area contributed by atoms with Crippen LogP contribution in [-0.4, -0.2) is 34.2 Å². The highest BCUT2D eigenvalue weighted by molar-refractivity contribution is 5.91. The predicted octanol–water partition coefficient (Wildman–Crippen LogP) is 0.695. The first-order valence-electron chi connectivity index (χ1n) is 7.26.